The van der Waals surface area contributed by atoms with Crippen molar-refractivity contribution in [3.05, 3.63) is 0 Å². The normalized spacial score (nSPS) is 27.2. The lowest BCUT2D eigenvalue weighted by Gasteiger charge is -2.37. The van der Waals surface area contributed by atoms with E-state index >= 15 is 0 Å². The Bertz CT molecular complexity index is 427. The molecule has 2 heterocycles. The SMILES string of the molecule is CS(=O)(=O)OP(=O)(N1CCCCC1)N1CCCC1. The molecule has 0 aliphatic carbocycles. The molecule has 106 valence electrons. The summed E-state index contributed by atoms with van der Waals surface area (Å²) < 4.78 is 44.3. The first-order valence-electron chi connectivity index (χ1n) is 6.44. The van der Waals surface area contributed by atoms with Crippen molar-refractivity contribution in [3.8, 4) is 0 Å². The zero-order chi connectivity index (χ0) is 13.2. The van der Waals surface area contributed by atoms with Crippen LogP contribution in [0.2, 0.25) is 0 Å². The third-order valence-electron chi connectivity index (χ3n) is 3.36. The lowest BCUT2D eigenvalue weighted by Crippen LogP contribution is -2.35. The fourth-order valence-electron chi connectivity index (χ4n) is 2.53. The Balaban J connectivity index is 2.22. The van der Waals surface area contributed by atoms with E-state index in [4.69, 9.17) is 3.97 Å². The van der Waals surface area contributed by atoms with E-state index in [-0.39, 0.29) is 0 Å². The van der Waals surface area contributed by atoms with Crippen LogP contribution >= 0.6 is 7.67 Å². The van der Waals surface area contributed by atoms with Crippen molar-refractivity contribution in [3.63, 3.8) is 0 Å². The molecule has 2 saturated heterocycles. The molecule has 0 bridgehead atoms. The largest absolute Gasteiger partial charge is 0.360 e. The maximum absolute atomic E-state index is 13.0. The van der Waals surface area contributed by atoms with Gasteiger partial charge in [-0.15, -0.1) is 0 Å². The molecule has 0 aromatic carbocycles. The molecule has 0 radical (unpaired) electrons. The summed E-state index contributed by atoms with van der Waals surface area (Å²) in [4.78, 5) is 0. The molecule has 0 spiro atoms. The summed E-state index contributed by atoms with van der Waals surface area (Å²) in [6, 6.07) is 0. The van der Waals surface area contributed by atoms with Gasteiger partial charge in [-0.25, -0.2) is 9.34 Å². The third-order valence-corrected chi connectivity index (χ3v) is 7.45. The van der Waals surface area contributed by atoms with Crippen molar-refractivity contribution >= 4 is 17.8 Å². The molecular weight excluding hydrogens is 275 g/mol. The van der Waals surface area contributed by atoms with Gasteiger partial charge in [0.2, 0.25) is 0 Å². The van der Waals surface area contributed by atoms with Crippen LogP contribution in [-0.4, -0.2) is 50.2 Å². The maximum Gasteiger partial charge on any atom is 0.360 e. The van der Waals surface area contributed by atoms with E-state index in [1.165, 1.54) is 0 Å². The van der Waals surface area contributed by atoms with Crippen LogP contribution in [0, 0.1) is 0 Å². The summed E-state index contributed by atoms with van der Waals surface area (Å²) in [6.45, 7) is 2.62. The molecule has 0 aromatic rings. The third kappa shape index (κ3) is 3.33. The first-order chi connectivity index (χ1) is 8.42. The Kier molecular flexibility index (Phi) is 4.49. The highest BCUT2D eigenvalue weighted by Gasteiger charge is 2.43. The minimum atomic E-state index is -3.71. The molecular formula is C10H21N2O4PS. The van der Waals surface area contributed by atoms with Crippen molar-refractivity contribution < 1.29 is 17.0 Å². The van der Waals surface area contributed by atoms with E-state index in [0.29, 0.717) is 26.2 Å². The monoisotopic (exact) mass is 296 g/mol. The van der Waals surface area contributed by atoms with Gasteiger partial charge in [-0.3, -0.25) is 4.57 Å². The lowest BCUT2D eigenvalue weighted by atomic mass is 10.2. The molecule has 2 aliphatic heterocycles. The van der Waals surface area contributed by atoms with Gasteiger partial charge in [0.25, 0.3) is 10.1 Å². The zero-order valence-electron chi connectivity index (χ0n) is 10.7. The molecule has 0 aromatic heterocycles. The van der Waals surface area contributed by atoms with Gasteiger partial charge in [0.15, 0.2) is 0 Å². The Morgan fingerprint density at radius 1 is 0.889 bits per heavy atom. The first-order valence-corrected chi connectivity index (χ1v) is 9.79. The molecule has 6 nitrogen and oxygen atoms in total. The highest BCUT2D eigenvalue weighted by Crippen LogP contribution is 2.57. The van der Waals surface area contributed by atoms with Crippen molar-refractivity contribution in [1.82, 2.24) is 9.34 Å². The number of hydrogen-bond acceptors (Lipinski definition) is 4. The average Bonchev–Trinajstić information content (AvgIpc) is 2.82. The van der Waals surface area contributed by atoms with Gasteiger partial charge < -0.3 is 0 Å². The molecule has 0 amide bonds. The van der Waals surface area contributed by atoms with Crippen LogP contribution in [0.15, 0.2) is 0 Å². The van der Waals surface area contributed by atoms with Crippen molar-refractivity contribution in [2.45, 2.75) is 32.1 Å². The van der Waals surface area contributed by atoms with E-state index in [2.05, 4.69) is 0 Å². The van der Waals surface area contributed by atoms with E-state index in [1.54, 1.807) is 9.34 Å². The molecule has 1 atom stereocenters. The average molecular weight is 296 g/mol. The smallest absolute Gasteiger partial charge is 0.254 e. The number of piperidine rings is 1. The van der Waals surface area contributed by atoms with Gasteiger partial charge in [-0.2, -0.15) is 12.4 Å². The van der Waals surface area contributed by atoms with Crippen molar-refractivity contribution in [1.29, 1.82) is 0 Å². The molecule has 8 heteroatoms. The topological polar surface area (TPSA) is 66.9 Å². The molecule has 0 N–H and O–H groups in total. The van der Waals surface area contributed by atoms with Crippen LogP contribution in [-0.2, 0) is 18.7 Å². The van der Waals surface area contributed by atoms with E-state index < -0.39 is 17.8 Å². The Hall–Kier alpha value is 0.0600. The fraction of sp³-hybridized carbons (Fsp3) is 1.00. The first kappa shape index (κ1) is 14.5. The van der Waals surface area contributed by atoms with Crippen LogP contribution in [0.1, 0.15) is 32.1 Å². The number of rotatable bonds is 4. The minimum absolute atomic E-state index is 0.656. The molecule has 0 saturated carbocycles. The second kappa shape index (κ2) is 5.59. The summed E-state index contributed by atoms with van der Waals surface area (Å²) in [6.07, 6.45) is 5.88. The Morgan fingerprint density at radius 3 is 1.67 bits per heavy atom. The highest BCUT2D eigenvalue weighted by molar-refractivity contribution is 7.90. The molecule has 2 aliphatic rings. The second-order valence-corrected chi connectivity index (χ2v) is 9.06. The highest BCUT2D eigenvalue weighted by atomic mass is 32.2. The van der Waals surface area contributed by atoms with E-state index in [1.807, 2.05) is 0 Å². The molecule has 2 fully saturated rings. The Labute approximate surface area is 109 Å². The summed E-state index contributed by atoms with van der Waals surface area (Å²) in [5, 5.41) is 0. The van der Waals surface area contributed by atoms with E-state index in [9.17, 15) is 13.0 Å². The lowest BCUT2D eigenvalue weighted by molar-refractivity contribution is 0.265. The van der Waals surface area contributed by atoms with Gasteiger partial charge in [0.1, 0.15) is 0 Å². The summed E-state index contributed by atoms with van der Waals surface area (Å²) >= 11 is 0. The summed E-state index contributed by atoms with van der Waals surface area (Å²) in [5.41, 5.74) is 0. The maximum atomic E-state index is 13.0. The van der Waals surface area contributed by atoms with Gasteiger partial charge >= 0.3 is 7.67 Å². The molecule has 18 heavy (non-hydrogen) atoms. The van der Waals surface area contributed by atoms with Gasteiger partial charge in [0, 0.05) is 26.2 Å². The van der Waals surface area contributed by atoms with Crippen LogP contribution in [0.5, 0.6) is 0 Å². The second-order valence-electron chi connectivity index (χ2n) is 4.94. The van der Waals surface area contributed by atoms with Crippen LogP contribution in [0.4, 0.5) is 0 Å². The fourth-order valence-corrected chi connectivity index (χ4v) is 6.63. The summed E-state index contributed by atoms with van der Waals surface area (Å²) in [5.74, 6) is 0. The van der Waals surface area contributed by atoms with Crippen molar-refractivity contribution in [2.75, 3.05) is 32.4 Å². The number of hydrogen-bond donors (Lipinski definition) is 0. The van der Waals surface area contributed by atoms with Gasteiger partial charge in [0.05, 0.1) is 6.26 Å². The molecule has 2 rings (SSSR count). The summed E-state index contributed by atoms with van der Waals surface area (Å²) in [7, 11) is -7.10. The van der Waals surface area contributed by atoms with Gasteiger partial charge in [-0.1, -0.05) is 6.42 Å². The zero-order valence-corrected chi connectivity index (χ0v) is 12.5. The van der Waals surface area contributed by atoms with Crippen molar-refractivity contribution in [2.24, 2.45) is 0 Å². The van der Waals surface area contributed by atoms with Crippen LogP contribution < -0.4 is 0 Å². The predicted octanol–water partition coefficient (Wildman–Crippen LogP) is 1.65. The molecule has 1 unspecified atom stereocenters. The predicted molar refractivity (Wildman–Crippen MR) is 69.8 cm³/mol. The van der Waals surface area contributed by atoms with Gasteiger partial charge in [-0.05, 0) is 25.7 Å². The standard InChI is InChI=1S/C10H21N2O4PS/c1-18(14,15)16-17(13,12-9-5-6-10-12)11-7-3-2-4-8-11/h2-10H2,1H3. The van der Waals surface area contributed by atoms with Crippen LogP contribution in [0.25, 0.3) is 0 Å². The number of nitrogens with zero attached hydrogens (tertiary/aromatic N) is 2. The van der Waals surface area contributed by atoms with E-state index in [0.717, 1.165) is 38.4 Å². The minimum Gasteiger partial charge on any atom is -0.254 e. The quantitative estimate of drug-likeness (QED) is 0.735. The Morgan fingerprint density at radius 2 is 1.28 bits per heavy atom. The van der Waals surface area contributed by atoms with Crippen LogP contribution in [0.3, 0.4) is 0 Å².